The van der Waals surface area contributed by atoms with Gasteiger partial charge in [-0.1, -0.05) is 18.2 Å². The van der Waals surface area contributed by atoms with Crippen LogP contribution in [0.25, 0.3) is 0 Å². The van der Waals surface area contributed by atoms with Crippen molar-refractivity contribution in [1.29, 1.82) is 0 Å². The van der Waals surface area contributed by atoms with Crippen molar-refractivity contribution in [2.24, 2.45) is 0 Å². The van der Waals surface area contributed by atoms with Gasteiger partial charge in [0.15, 0.2) is 11.6 Å². The zero-order valence-corrected chi connectivity index (χ0v) is 12.6. The van der Waals surface area contributed by atoms with Gasteiger partial charge in [0.2, 0.25) is 5.91 Å². The van der Waals surface area contributed by atoms with Crippen LogP contribution in [0.4, 0.5) is 8.78 Å². The van der Waals surface area contributed by atoms with Crippen molar-refractivity contribution in [1.82, 2.24) is 5.32 Å². The summed E-state index contributed by atoms with van der Waals surface area (Å²) in [5.74, 6) is -1.17. The van der Waals surface area contributed by atoms with Gasteiger partial charge in [-0.3, -0.25) is 4.79 Å². The highest BCUT2D eigenvalue weighted by atomic mass is 19.1. The van der Waals surface area contributed by atoms with Crippen LogP contribution in [0.15, 0.2) is 42.5 Å². The lowest BCUT2D eigenvalue weighted by Crippen LogP contribution is -2.29. The molecule has 6 heteroatoms. The second-order valence-corrected chi connectivity index (χ2v) is 5.02. The normalized spacial score (nSPS) is 11.8. The summed E-state index contributed by atoms with van der Waals surface area (Å²) >= 11 is 0. The first-order valence-electron chi connectivity index (χ1n) is 7.02. The number of carbonyl (C=O) groups is 1. The minimum atomic E-state index is -0.938. The molecule has 1 unspecified atom stereocenters. The van der Waals surface area contributed by atoms with Crippen molar-refractivity contribution in [3.05, 3.63) is 65.2 Å². The number of aliphatic hydroxyl groups excluding tert-OH is 1. The summed E-state index contributed by atoms with van der Waals surface area (Å²) in [7, 11) is 1.36. The van der Waals surface area contributed by atoms with Crippen molar-refractivity contribution in [3.8, 4) is 5.75 Å². The third-order valence-corrected chi connectivity index (χ3v) is 3.33. The first-order chi connectivity index (χ1) is 11.0. The van der Waals surface area contributed by atoms with Crippen LogP contribution in [0.2, 0.25) is 0 Å². The van der Waals surface area contributed by atoms with Gasteiger partial charge in [0.05, 0.1) is 19.6 Å². The van der Waals surface area contributed by atoms with Crippen molar-refractivity contribution in [2.45, 2.75) is 12.5 Å². The number of benzene rings is 2. The lowest BCUT2D eigenvalue weighted by atomic mass is 10.1. The lowest BCUT2D eigenvalue weighted by Gasteiger charge is -2.12. The fourth-order valence-corrected chi connectivity index (χ4v) is 2.08. The maximum absolute atomic E-state index is 13.5. The van der Waals surface area contributed by atoms with E-state index >= 15 is 0 Å². The Morgan fingerprint density at radius 3 is 2.52 bits per heavy atom. The van der Waals surface area contributed by atoms with E-state index in [4.69, 9.17) is 4.74 Å². The van der Waals surface area contributed by atoms with Gasteiger partial charge in [0, 0.05) is 6.54 Å². The number of aliphatic hydroxyl groups is 1. The molecule has 0 spiro atoms. The van der Waals surface area contributed by atoms with Crippen LogP contribution in [0.3, 0.4) is 0 Å². The number of nitrogens with one attached hydrogen (secondary N) is 1. The Balaban J connectivity index is 1.87. The molecule has 2 aromatic rings. The van der Waals surface area contributed by atoms with Crippen LogP contribution in [-0.4, -0.2) is 24.7 Å². The number of hydrogen-bond donors (Lipinski definition) is 2. The monoisotopic (exact) mass is 321 g/mol. The topological polar surface area (TPSA) is 58.6 Å². The molecule has 2 rings (SSSR count). The molecular formula is C17H17F2NO3. The Bertz CT molecular complexity index is 674. The van der Waals surface area contributed by atoms with E-state index in [1.54, 1.807) is 6.07 Å². The number of rotatable bonds is 6. The van der Waals surface area contributed by atoms with Crippen LogP contribution < -0.4 is 10.1 Å². The summed E-state index contributed by atoms with van der Waals surface area (Å²) in [6.45, 7) is -0.0108. The van der Waals surface area contributed by atoms with Crippen LogP contribution >= 0.6 is 0 Å². The largest absolute Gasteiger partial charge is 0.494 e. The molecule has 2 aromatic carbocycles. The van der Waals surface area contributed by atoms with E-state index in [0.29, 0.717) is 11.1 Å². The van der Waals surface area contributed by atoms with Crippen molar-refractivity contribution in [2.75, 3.05) is 13.7 Å². The van der Waals surface area contributed by atoms with E-state index in [1.165, 1.54) is 43.5 Å². The fraction of sp³-hybridized carbons (Fsp3) is 0.235. The number of halogens is 2. The molecular weight excluding hydrogens is 304 g/mol. The molecule has 0 radical (unpaired) electrons. The molecule has 0 heterocycles. The second-order valence-electron chi connectivity index (χ2n) is 5.02. The molecule has 0 fully saturated rings. The predicted molar refractivity (Wildman–Crippen MR) is 81.0 cm³/mol. The summed E-state index contributed by atoms with van der Waals surface area (Å²) < 4.78 is 31.1. The summed E-state index contributed by atoms with van der Waals surface area (Å²) in [5, 5.41) is 12.5. The summed E-state index contributed by atoms with van der Waals surface area (Å²) in [4.78, 5) is 11.8. The summed E-state index contributed by atoms with van der Waals surface area (Å²) in [6.07, 6.45) is -0.955. The Morgan fingerprint density at radius 2 is 1.91 bits per heavy atom. The Kier molecular flexibility index (Phi) is 5.65. The number of carbonyl (C=O) groups excluding carboxylic acids is 1. The molecule has 4 nitrogen and oxygen atoms in total. The van der Waals surface area contributed by atoms with Gasteiger partial charge in [-0.05, 0) is 35.4 Å². The first kappa shape index (κ1) is 16.9. The Hall–Kier alpha value is -2.47. The van der Waals surface area contributed by atoms with Crippen LogP contribution in [0.5, 0.6) is 5.75 Å². The molecule has 1 atom stereocenters. The van der Waals surface area contributed by atoms with Gasteiger partial charge in [0.25, 0.3) is 0 Å². The Labute approximate surface area is 132 Å². The van der Waals surface area contributed by atoms with Gasteiger partial charge in [-0.2, -0.15) is 0 Å². The number of ether oxygens (including phenoxy) is 1. The molecule has 0 aliphatic heterocycles. The first-order valence-corrected chi connectivity index (χ1v) is 7.02. The molecule has 122 valence electrons. The smallest absolute Gasteiger partial charge is 0.224 e. The molecule has 0 saturated carbocycles. The summed E-state index contributed by atoms with van der Waals surface area (Å²) in [6, 6.07) is 9.65. The minimum absolute atomic E-state index is 0.0108. The maximum Gasteiger partial charge on any atom is 0.224 e. The van der Waals surface area contributed by atoms with Gasteiger partial charge in [-0.25, -0.2) is 8.78 Å². The van der Waals surface area contributed by atoms with Gasteiger partial charge >= 0.3 is 0 Å². The minimum Gasteiger partial charge on any atom is -0.494 e. The predicted octanol–water partition coefficient (Wildman–Crippen LogP) is 2.37. The van der Waals surface area contributed by atoms with Crippen molar-refractivity contribution < 1.29 is 23.4 Å². The maximum atomic E-state index is 13.5. The molecule has 0 saturated heterocycles. The van der Waals surface area contributed by atoms with Crippen molar-refractivity contribution >= 4 is 5.91 Å². The molecule has 1 amide bonds. The molecule has 0 aromatic heterocycles. The van der Waals surface area contributed by atoms with E-state index in [9.17, 15) is 18.7 Å². The van der Waals surface area contributed by atoms with E-state index in [0.717, 1.165) is 0 Å². The Morgan fingerprint density at radius 1 is 1.22 bits per heavy atom. The molecule has 2 N–H and O–H groups in total. The third-order valence-electron chi connectivity index (χ3n) is 3.33. The molecule has 0 aliphatic rings. The zero-order chi connectivity index (χ0) is 16.8. The number of methoxy groups -OCH3 is 1. The van der Waals surface area contributed by atoms with Crippen molar-refractivity contribution in [3.63, 3.8) is 0 Å². The van der Waals surface area contributed by atoms with E-state index in [-0.39, 0.29) is 24.6 Å². The van der Waals surface area contributed by atoms with Gasteiger partial charge in [0.1, 0.15) is 5.82 Å². The highest BCUT2D eigenvalue weighted by Gasteiger charge is 2.11. The standard InChI is InChI=1S/C17H17F2NO3/c1-23-16-7-2-11(8-14(16)19)9-17(22)20-10-15(21)12-3-5-13(18)6-4-12/h2-8,15,21H,9-10H2,1H3,(H,20,22). The highest BCUT2D eigenvalue weighted by molar-refractivity contribution is 5.78. The molecule has 0 aliphatic carbocycles. The second kappa shape index (κ2) is 7.69. The number of amides is 1. The SMILES string of the molecule is COc1ccc(CC(=O)NCC(O)c2ccc(F)cc2)cc1F. The lowest BCUT2D eigenvalue weighted by molar-refractivity contribution is -0.120. The van der Waals surface area contributed by atoms with Crippen LogP contribution in [0, 0.1) is 11.6 Å². The third kappa shape index (κ3) is 4.75. The zero-order valence-electron chi connectivity index (χ0n) is 12.6. The average Bonchev–Trinajstić information content (AvgIpc) is 2.53. The van der Waals surface area contributed by atoms with E-state index < -0.39 is 17.7 Å². The number of hydrogen-bond acceptors (Lipinski definition) is 3. The van der Waals surface area contributed by atoms with Crippen LogP contribution in [0.1, 0.15) is 17.2 Å². The van der Waals surface area contributed by atoms with Gasteiger partial charge in [-0.15, -0.1) is 0 Å². The van der Waals surface area contributed by atoms with E-state index in [1.807, 2.05) is 0 Å². The van der Waals surface area contributed by atoms with Gasteiger partial charge < -0.3 is 15.2 Å². The van der Waals surface area contributed by atoms with E-state index in [2.05, 4.69) is 5.32 Å². The molecule has 0 bridgehead atoms. The quantitative estimate of drug-likeness (QED) is 0.859. The highest BCUT2D eigenvalue weighted by Crippen LogP contribution is 2.18. The van der Waals surface area contributed by atoms with Crippen LogP contribution in [-0.2, 0) is 11.2 Å². The fourth-order valence-electron chi connectivity index (χ4n) is 2.08. The average molecular weight is 321 g/mol. The summed E-state index contributed by atoms with van der Waals surface area (Å²) in [5.41, 5.74) is 0.999. The molecule has 23 heavy (non-hydrogen) atoms.